The lowest BCUT2D eigenvalue weighted by atomic mass is 10.2. The second-order valence-corrected chi connectivity index (χ2v) is 3.91. The van der Waals surface area contributed by atoms with Crippen molar-refractivity contribution < 1.29 is 4.42 Å². The van der Waals surface area contributed by atoms with E-state index in [1.54, 1.807) is 0 Å². The van der Waals surface area contributed by atoms with Crippen LogP contribution in [0.4, 0.5) is 5.69 Å². The molecule has 0 atom stereocenters. The van der Waals surface area contributed by atoms with Gasteiger partial charge in [0.25, 0.3) is 0 Å². The Morgan fingerprint density at radius 2 is 2.28 bits per heavy atom. The Bertz CT molecular complexity index is 565. The minimum absolute atomic E-state index is 0.199. The molecule has 1 heterocycles. The second kappa shape index (κ2) is 5.64. The molecule has 0 aliphatic carbocycles. The standard InChI is InChI=1S/C12H13ClN4O/c1-2-11-16-17-12(18-11)8-4-3-5-9(6-8)15-10(14)7-13/h3-6H,2,7H2,1H3,(H2,14,15). The summed E-state index contributed by atoms with van der Waals surface area (Å²) >= 11 is 5.58. The van der Waals surface area contributed by atoms with E-state index in [0.29, 0.717) is 29.7 Å². The van der Waals surface area contributed by atoms with Gasteiger partial charge in [0.2, 0.25) is 11.8 Å². The van der Waals surface area contributed by atoms with E-state index in [0.717, 1.165) is 5.56 Å². The number of aromatic nitrogens is 2. The topological polar surface area (TPSA) is 77.3 Å². The van der Waals surface area contributed by atoms with Crippen molar-refractivity contribution in [2.24, 2.45) is 10.7 Å². The summed E-state index contributed by atoms with van der Waals surface area (Å²) in [4.78, 5) is 4.16. The van der Waals surface area contributed by atoms with Gasteiger partial charge in [0, 0.05) is 12.0 Å². The predicted octanol–water partition coefficient (Wildman–Crippen LogP) is 2.53. The molecule has 2 rings (SSSR count). The van der Waals surface area contributed by atoms with Gasteiger partial charge in [-0.1, -0.05) is 13.0 Å². The first-order chi connectivity index (χ1) is 8.72. The summed E-state index contributed by atoms with van der Waals surface area (Å²) in [6.45, 7) is 1.96. The van der Waals surface area contributed by atoms with Gasteiger partial charge in [0.15, 0.2) is 0 Å². The molecule has 2 aromatic rings. The fourth-order valence-corrected chi connectivity index (χ4v) is 1.48. The summed E-state index contributed by atoms with van der Waals surface area (Å²) in [5, 5.41) is 7.89. The highest BCUT2D eigenvalue weighted by molar-refractivity contribution is 6.28. The molecule has 2 N–H and O–H groups in total. The minimum Gasteiger partial charge on any atom is -0.421 e. The van der Waals surface area contributed by atoms with Crippen molar-refractivity contribution in [1.82, 2.24) is 10.2 Å². The summed E-state index contributed by atoms with van der Waals surface area (Å²) in [6.07, 6.45) is 0.712. The number of rotatable bonds is 4. The van der Waals surface area contributed by atoms with E-state index >= 15 is 0 Å². The summed E-state index contributed by atoms with van der Waals surface area (Å²) in [5.41, 5.74) is 7.11. The molecule has 1 aromatic carbocycles. The van der Waals surface area contributed by atoms with Gasteiger partial charge in [-0.05, 0) is 18.2 Å². The van der Waals surface area contributed by atoms with E-state index in [2.05, 4.69) is 15.2 Å². The molecule has 0 aliphatic heterocycles. The van der Waals surface area contributed by atoms with E-state index in [-0.39, 0.29) is 5.88 Å². The Kier molecular flexibility index (Phi) is 3.94. The Balaban J connectivity index is 2.32. The third kappa shape index (κ3) is 2.87. The fraction of sp³-hybridized carbons (Fsp3) is 0.250. The Labute approximate surface area is 110 Å². The second-order valence-electron chi connectivity index (χ2n) is 3.64. The zero-order chi connectivity index (χ0) is 13.0. The number of benzene rings is 1. The quantitative estimate of drug-likeness (QED) is 0.523. The summed E-state index contributed by atoms with van der Waals surface area (Å²) in [7, 11) is 0. The fourth-order valence-electron chi connectivity index (χ4n) is 1.42. The van der Waals surface area contributed by atoms with E-state index in [4.69, 9.17) is 21.8 Å². The minimum atomic E-state index is 0.199. The number of hydrogen-bond acceptors (Lipinski definition) is 4. The number of amidine groups is 1. The van der Waals surface area contributed by atoms with Crippen molar-refractivity contribution in [1.29, 1.82) is 0 Å². The number of hydrogen-bond donors (Lipinski definition) is 1. The lowest BCUT2D eigenvalue weighted by Gasteiger charge is -1.98. The zero-order valence-corrected chi connectivity index (χ0v) is 10.7. The van der Waals surface area contributed by atoms with E-state index < -0.39 is 0 Å². The Morgan fingerprint density at radius 3 is 2.94 bits per heavy atom. The van der Waals surface area contributed by atoms with Crippen molar-refractivity contribution >= 4 is 23.1 Å². The molecule has 0 saturated heterocycles. The molecule has 18 heavy (non-hydrogen) atoms. The maximum absolute atomic E-state index is 5.59. The molecule has 0 aliphatic rings. The van der Waals surface area contributed by atoms with Crippen LogP contribution in [-0.2, 0) is 6.42 Å². The predicted molar refractivity (Wildman–Crippen MR) is 71.1 cm³/mol. The van der Waals surface area contributed by atoms with Crippen LogP contribution < -0.4 is 5.73 Å². The third-order valence-electron chi connectivity index (χ3n) is 2.27. The molecule has 0 fully saturated rings. The molecule has 0 amide bonds. The summed E-state index contributed by atoms with van der Waals surface area (Å²) in [6, 6.07) is 7.39. The molecule has 0 spiro atoms. The number of nitrogens with zero attached hydrogens (tertiary/aromatic N) is 3. The highest BCUT2D eigenvalue weighted by atomic mass is 35.5. The monoisotopic (exact) mass is 264 g/mol. The van der Waals surface area contributed by atoms with Crippen LogP contribution in [0.2, 0.25) is 0 Å². The first-order valence-corrected chi connectivity index (χ1v) is 6.08. The van der Waals surface area contributed by atoms with Crippen LogP contribution in [0.1, 0.15) is 12.8 Å². The SMILES string of the molecule is CCc1nnc(-c2cccc(N=C(N)CCl)c2)o1. The molecule has 6 heteroatoms. The van der Waals surface area contributed by atoms with Crippen molar-refractivity contribution in [3.05, 3.63) is 30.2 Å². The van der Waals surface area contributed by atoms with Crippen molar-refractivity contribution in [2.75, 3.05) is 5.88 Å². The van der Waals surface area contributed by atoms with E-state index in [1.807, 2.05) is 31.2 Å². The number of halogens is 1. The van der Waals surface area contributed by atoms with Crippen LogP contribution in [0.5, 0.6) is 0 Å². The first-order valence-electron chi connectivity index (χ1n) is 5.54. The lowest BCUT2D eigenvalue weighted by Crippen LogP contribution is -2.12. The molecule has 0 radical (unpaired) electrons. The third-order valence-corrected chi connectivity index (χ3v) is 2.55. The van der Waals surface area contributed by atoms with Crippen LogP contribution in [0.25, 0.3) is 11.5 Å². The highest BCUT2D eigenvalue weighted by Gasteiger charge is 2.07. The smallest absolute Gasteiger partial charge is 0.247 e. The summed E-state index contributed by atoms with van der Waals surface area (Å²) in [5.74, 6) is 1.66. The molecule has 0 unspecified atom stereocenters. The molecule has 0 bridgehead atoms. The van der Waals surface area contributed by atoms with Gasteiger partial charge in [-0.25, -0.2) is 4.99 Å². The summed E-state index contributed by atoms with van der Waals surface area (Å²) < 4.78 is 5.48. The maximum atomic E-state index is 5.59. The molecule has 5 nitrogen and oxygen atoms in total. The van der Waals surface area contributed by atoms with Crippen molar-refractivity contribution in [3.63, 3.8) is 0 Å². The van der Waals surface area contributed by atoms with E-state index in [1.165, 1.54) is 0 Å². The number of aliphatic imine (C=N–C) groups is 1. The first kappa shape index (κ1) is 12.6. The van der Waals surface area contributed by atoms with Gasteiger partial charge in [0.05, 0.1) is 11.6 Å². The number of alkyl halides is 1. The van der Waals surface area contributed by atoms with Gasteiger partial charge in [-0.3, -0.25) is 0 Å². The van der Waals surface area contributed by atoms with Crippen LogP contribution in [-0.4, -0.2) is 21.9 Å². The van der Waals surface area contributed by atoms with Gasteiger partial charge in [-0.15, -0.1) is 21.8 Å². The lowest BCUT2D eigenvalue weighted by molar-refractivity contribution is 0.513. The zero-order valence-electron chi connectivity index (χ0n) is 9.93. The van der Waals surface area contributed by atoms with Crippen molar-refractivity contribution in [3.8, 4) is 11.5 Å². The van der Waals surface area contributed by atoms with Crippen LogP contribution in [0.15, 0.2) is 33.7 Å². The number of aryl methyl sites for hydroxylation is 1. The van der Waals surface area contributed by atoms with E-state index in [9.17, 15) is 0 Å². The number of nitrogens with two attached hydrogens (primary N) is 1. The van der Waals surface area contributed by atoms with Crippen molar-refractivity contribution in [2.45, 2.75) is 13.3 Å². The largest absolute Gasteiger partial charge is 0.421 e. The van der Waals surface area contributed by atoms with Gasteiger partial charge in [0.1, 0.15) is 5.84 Å². The van der Waals surface area contributed by atoms with Crippen LogP contribution in [0, 0.1) is 0 Å². The maximum Gasteiger partial charge on any atom is 0.247 e. The molecule has 0 saturated carbocycles. The van der Waals surface area contributed by atoms with Gasteiger partial charge in [-0.2, -0.15) is 0 Å². The van der Waals surface area contributed by atoms with Gasteiger partial charge < -0.3 is 10.2 Å². The average Bonchev–Trinajstić information content (AvgIpc) is 2.87. The Morgan fingerprint density at radius 1 is 1.44 bits per heavy atom. The normalized spacial score (nSPS) is 11.8. The average molecular weight is 265 g/mol. The Hall–Kier alpha value is -1.88. The van der Waals surface area contributed by atoms with Gasteiger partial charge >= 0.3 is 0 Å². The molecular weight excluding hydrogens is 252 g/mol. The molecule has 1 aromatic heterocycles. The van der Waals surface area contributed by atoms with Crippen LogP contribution in [0.3, 0.4) is 0 Å². The van der Waals surface area contributed by atoms with Crippen LogP contribution >= 0.6 is 11.6 Å². The highest BCUT2D eigenvalue weighted by Crippen LogP contribution is 2.23. The molecular formula is C12H13ClN4O. The molecule has 94 valence electrons.